The molecule has 0 aliphatic carbocycles. The summed E-state index contributed by atoms with van der Waals surface area (Å²) in [7, 11) is -3.74. The lowest BCUT2D eigenvalue weighted by Crippen LogP contribution is -2.48. The molecule has 0 radical (unpaired) electrons. The van der Waals surface area contributed by atoms with Gasteiger partial charge in [-0.3, -0.25) is 9.10 Å². The maximum Gasteiger partial charge on any atom is 0.243 e. The molecule has 0 aliphatic rings. The highest BCUT2D eigenvalue weighted by atomic mass is 35.5. The normalized spacial score (nSPS) is 12.3. The van der Waals surface area contributed by atoms with E-state index in [1.807, 2.05) is 32.0 Å². The summed E-state index contributed by atoms with van der Waals surface area (Å²) in [4.78, 5) is 12.5. The maximum atomic E-state index is 12.5. The molecule has 0 heterocycles. The van der Waals surface area contributed by atoms with Crippen LogP contribution in [0.3, 0.4) is 0 Å². The standard InChI is InChI=1S/C20H24Cl2N2O4S/c1-13-9-14(2)11-17(10-13)28-8-7-23-20(25)15(3)24(29(4,26)27)16-5-6-18(21)19(22)12-16/h5-6,9-12,15H,7-8H2,1-4H3,(H,23,25)/t15-/m1/s1. The number of hydrogen-bond acceptors (Lipinski definition) is 4. The van der Waals surface area contributed by atoms with Gasteiger partial charge >= 0.3 is 0 Å². The Kier molecular flexibility index (Phi) is 7.80. The van der Waals surface area contributed by atoms with Crippen molar-refractivity contribution in [1.82, 2.24) is 5.32 Å². The summed E-state index contributed by atoms with van der Waals surface area (Å²) in [5, 5.41) is 3.20. The number of halogens is 2. The van der Waals surface area contributed by atoms with Gasteiger partial charge in [-0.05, 0) is 62.2 Å². The van der Waals surface area contributed by atoms with E-state index in [0.29, 0.717) is 5.02 Å². The summed E-state index contributed by atoms with van der Waals surface area (Å²) >= 11 is 11.9. The molecule has 29 heavy (non-hydrogen) atoms. The van der Waals surface area contributed by atoms with Crippen molar-refractivity contribution in [2.24, 2.45) is 0 Å². The molecule has 6 nitrogen and oxygen atoms in total. The predicted octanol–water partition coefficient (Wildman–Crippen LogP) is 3.96. The zero-order chi connectivity index (χ0) is 21.8. The van der Waals surface area contributed by atoms with E-state index in [1.54, 1.807) is 0 Å². The van der Waals surface area contributed by atoms with Gasteiger partial charge in [0.15, 0.2) is 0 Å². The summed E-state index contributed by atoms with van der Waals surface area (Å²) in [5.74, 6) is 0.267. The molecule has 0 unspecified atom stereocenters. The van der Waals surface area contributed by atoms with Crippen LogP contribution >= 0.6 is 23.2 Å². The van der Waals surface area contributed by atoms with Crippen LogP contribution in [-0.2, 0) is 14.8 Å². The second-order valence-corrected chi connectivity index (χ2v) is 9.47. The van der Waals surface area contributed by atoms with Gasteiger partial charge in [-0.2, -0.15) is 0 Å². The maximum absolute atomic E-state index is 12.5. The van der Waals surface area contributed by atoms with Crippen LogP contribution in [0.5, 0.6) is 5.75 Å². The average molecular weight is 459 g/mol. The fraction of sp³-hybridized carbons (Fsp3) is 0.350. The number of nitrogens with one attached hydrogen (secondary N) is 1. The van der Waals surface area contributed by atoms with Gasteiger partial charge in [-0.15, -0.1) is 0 Å². The van der Waals surface area contributed by atoms with Crippen molar-refractivity contribution < 1.29 is 17.9 Å². The smallest absolute Gasteiger partial charge is 0.243 e. The lowest BCUT2D eigenvalue weighted by atomic mass is 10.1. The number of benzene rings is 2. The molecule has 0 fully saturated rings. The van der Waals surface area contributed by atoms with Crippen LogP contribution in [0.4, 0.5) is 5.69 Å². The molecular weight excluding hydrogens is 435 g/mol. The van der Waals surface area contributed by atoms with Crippen LogP contribution in [0.15, 0.2) is 36.4 Å². The van der Waals surface area contributed by atoms with E-state index in [1.165, 1.54) is 25.1 Å². The second kappa shape index (κ2) is 9.69. The van der Waals surface area contributed by atoms with Crippen molar-refractivity contribution >= 4 is 44.8 Å². The molecule has 2 aromatic carbocycles. The minimum absolute atomic E-state index is 0.201. The van der Waals surface area contributed by atoms with Crippen LogP contribution in [-0.4, -0.2) is 39.8 Å². The van der Waals surface area contributed by atoms with Crippen molar-refractivity contribution in [1.29, 1.82) is 0 Å². The SMILES string of the molecule is Cc1cc(C)cc(OCCNC(=O)[C@@H](C)N(c2ccc(Cl)c(Cl)c2)S(C)(=O)=O)c1. The van der Waals surface area contributed by atoms with Gasteiger partial charge in [0.05, 0.1) is 28.5 Å². The minimum Gasteiger partial charge on any atom is -0.492 e. The van der Waals surface area contributed by atoms with Gasteiger partial charge in [-0.25, -0.2) is 8.42 Å². The first-order valence-electron chi connectivity index (χ1n) is 8.92. The first-order chi connectivity index (χ1) is 13.5. The Bertz CT molecular complexity index is 976. The van der Waals surface area contributed by atoms with Crippen LogP contribution in [0.2, 0.25) is 10.0 Å². The van der Waals surface area contributed by atoms with Gasteiger partial charge in [-0.1, -0.05) is 29.3 Å². The minimum atomic E-state index is -3.74. The van der Waals surface area contributed by atoms with E-state index in [9.17, 15) is 13.2 Å². The third-order valence-corrected chi connectivity index (χ3v) is 6.09. The summed E-state index contributed by atoms with van der Waals surface area (Å²) in [6.45, 7) is 5.95. The summed E-state index contributed by atoms with van der Waals surface area (Å²) in [6.07, 6.45) is 1.03. The van der Waals surface area contributed by atoms with Gasteiger partial charge in [0.2, 0.25) is 15.9 Å². The summed E-state index contributed by atoms with van der Waals surface area (Å²) in [6, 6.07) is 9.28. The molecule has 0 aliphatic heterocycles. The fourth-order valence-electron chi connectivity index (χ4n) is 2.94. The van der Waals surface area contributed by atoms with Gasteiger partial charge < -0.3 is 10.1 Å². The van der Waals surface area contributed by atoms with E-state index >= 15 is 0 Å². The number of sulfonamides is 1. The highest BCUT2D eigenvalue weighted by molar-refractivity contribution is 7.92. The molecule has 2 rings (SSSR count). The van der Waals surface area contributed by atoms with Crippen LogP contribution < -0.4 is 14.4 Å². The number of rotatable bonds is 8. The van der Waals surface area contributed by atoms with E-state index < -0.39 is 22.0 Å². The lowest BCUT2D eigenvalue weighted by molar-refractivity contribution is -0.121. The Morgan fingerprint density at radius 2 is 1.72 bits per heavy atom. The number of ether oxygens (including phenoxy) is 1. The molecule has 1 amide bonds. The van der Waals surface area contributed by atoms with Crippen molar-refractivity contribution in [3.8, 4) is 5.75 Å². The van der Waals surface area contributed by atoms with Crippen LogP contribution in [0.1, 0.15) is 18.1 Å². The quantitative estimate of drug-likeness (QED) is 0.607. The second-order valence-electron chi connectivity index (χ2n) is 6.80. The number of carbonyl (C=O) groups is 1. The first-order valence-corrected chi connectivity index (χ1v) is 11.5. The molecule has 0 bridgehead atoms. The van der Waals surface area contributed by atoms with Gasteiger partial charge in [0, 0.05) is 0 Å². The van der Waals surface area contributed by atoms with E-state index in [4.69, 9.17) is 27.9 Å². The monoisotopic (exact) mass is 458 g/mol. The zero-order valence-electron chi connectivity index (χ0n) is 16.7. The molecule has 2 aromatic rings. The molecule has 0 saturated heterocycles. The van der Waals surface area contributed by atoms with Crippen molar-refractivity contribution in [2.75, 3.05) is 23.7 Å². The molecule has 1 atom stereocenters. The van der Waals surface area contributed by atoms with E-state index in [-0.39, 0.29) is 23.9 Å². The Balaban J connectivity index is 2.02. The Morgan fingerprint density at radius 3 is 2.28 bits per heavy atom. The molecule has 1 N–H and O–H groups in total. The van der Waals surface area contributed by atoms with Gasteiger partial charge in [0.25, 0.3) is 0 Å². The Labute approximate surface area is 181 Å². The number of nitrogens with zero attached hydrogens (tertiary/aromatic N) is 1. The topological polar surface area (TPSA) is 75.7 Å². The fourth-order valence-corrected chi connectivity index (χ4v) is 4.40. The third kappa shape index (κ3) is 6.52. The zero-order valence-corrected chi connectivity index (χ0v) is 19.0. The molecular formula is C20H24Cl2N2O4S. The van der Waals surface area contributed by atoms with Crippen LogP contribution in [0, 0.1) is 13.8 Å². The number of aryl methyl sites for hydroxylation is 2. The highest BCUT2D eigenvalue weighted by Crippen LogP contribution is 2.29. The third-order valence-electron chi connectivity index (χ3n) is 4.11. The van der Waals surface area contributed by atoms with E-state index in [0.717, 1.165) is 27.4 Å². The Morgan fingerprint density at radius 1 is 1.10 bits per heavy atom. The van der Waals surface area contributed by atoms with E-state index in [2.05, 4.69) is 5.32 Å². The number of carbonyl (C=O) groups excluding carboxylic acids is 1. The summed E-state index contributed by atoms with van der Waals surface area (Å²) < 4.78 is 31.3. The number of hydrogen-bond donors (Lipinski definition) is 1. The first kappa shape index (κ1) is 23.3. The van der Waals surface area contributed by atoms with Crippen molar-refractivity contribution in [3.05, 3.63) is 57.6 Å². The molecule has 0 aromatic heterocycles. The van der Waals surface area contributed by atoms with Crippen molar-refractivity contribution in [2.45, 2.75) is 26.8 Å². The Hall–Kier alpha value is -1.96. The average Bonchev–Trinajstić information content (AvgIpc) is 2.59. The molecule has 158 valence electrons. The lowest BCUT2D eigenvalue weighted by Gasteiger charge is -2.28. The largest absolute Gasteiger partial charge is 0.492 e. The van der Waals surface area contributed by atoms with Crippen molar-refractivity contribution in [3.63, 3.8) is 0 Å². The number of amides is 1. The summed E-state index contributed by atoms with van der Waals surface area (Å²) in [5.41, 5.74) is 2.43. The molecule has 0 saturated carbocycles. The van der Waals surface area contributed by atoms with Gasteiger partial charge in [0.1, 0.15) is 18.4 Å². The highest BCUT2D eigenvalue weighted by Gasteiger charge is 2.29. The van der Waals surface area contributed by atoms with Crippen LogP contribution in [0.25, 0.3) is 0 Å². The molecule has 0 spiro atoms. The molecule has 9 heteroatoms. The predicted molar refractivity (Wildman–Crippen MR) is 118 cm³/mol. The number of anilines is 1.